The summed E-state index contributed by atoms with van der Waals surface area (Å²) < 4.78 is 52.6. The highest BCUT2D eigenvalue weighted by molar-refractivity contribution is 6.04. The number of hydrogen-bond acceptors (Lipinski definition) is 5. The van der Waals surface area contributed by atoms with Gasteiger partial charge in [-0.1, -0.05) is 19.1 Å². The first-order valence-corrected chi connectivity index (χ1v) is 10.3. The normalized spacial score (nSPS) is 13.9. The zero-order valence-electron chi connectivity index (χ0n) is 18.5. The fourth-order valence-electron chi connectivity index (χ4n) is 3.43. The van der Waals surface area contributed by atoms with E-state index in [0.29, 0.717) is 23.3 Å². The zero-order valence-corrected chi connectivity index (χ0v) is 18.5. The average Bonchev–Trinajstić information content (AvgIpc) is 3.27. The van der Waals surface area contributed by atoms with Gasteiger partial charge in [-0.15, -0.1) is 0 Å². The number of allylic oxidation sites excluding steroid dienone is 1. The molecule has 0 bridgehead atoms. The highest BCUT2D eigenvalue weighted by Crippen LogP contribution is 2.33. The lowest BCUT2D eigenvalue weighted by Crippen LogP contribution is -2.16. The van der Waals surface area contributed by atoms with Crippen LogP contribution in [0.25, 0.3) is 11.1 Å². The molecule has 0 aliphatic carbocycles. The van der Waals surface area contributed by atoms with E-state index in [0.717, 1.165) is 18.7 Å². The molecule has 0 spiro atoms. The van der Waals surface area contributed by atoms with Crippen LogP contribution in [0.5, 0.6) is 0 Å². The molecule has 35 heavy (non-hydrogen) atoms. The Morgan fingerprint density at radius 2 is 1.91 bits per heavy atom. The SMILES string of the molecule is CCC(C(C=Nc1ccccc1F)=CN)c1cc(-c2cnc(C(F)(F)F)nc2)c(C(N)=NC=N)[nH]1. The molecule has 12 heteroatoms. The first-order valence-electron chi connectivity index (χ1n) is 10.3. The standard InChI is InChI=1S/C23H22F4N8/c1-2-15(13(8-28)9-31-18-6-4-3-5-17(18)24)19-7-16(20(35-19)21(30)34-12-29)14-10-32-22(33-11-14)23(25,26)27/h3-12,15,35H,2,28H2,1H3,(H3,29,30,34). The fraction of sp³-hybridized carbons (Fsp3) is 0.174. The number of aromatic amines is 1. The Labute approximate surface area is 198 Å². The molecule has 182 valence electrons. The van der Waals surface area contributed by atoms with Gasteiger partial charge in [0.2, 0.25) is 5.82 Å². The smallest absolute Gasteiger partial charge is 0.404 e. The Bertz CT molecular complexity index is 1270. The Morgan fingerprint density at radius 1 is 1.23 bits per heavy atom. The van der Waals surface area contributed by atoms with Crippen molar-refractivity contribution in [1.29, 1.82) is 5.41 Å². The summed E-state index contributed by atoms with van der Waals surface area (Å²) in [6.07, 6.45) is 1.45. The Balaban J connectivity index is 2.05. The van der Waals surface area contributed by atoms with Crippen LogP contribution in [-0.4, -0.2) is 33.3 Å². The molecule has 3 rings (SSSR count). The molecule has 1 aromatic carbocycles. The van der Waals surface area contributed by atoms with Crippen molar-refractivity contribution in [3.05, 3.63) is 77.5 Å². The lowest BCUT2D eigenvalue weighted by atomic mass is 9.93. The van der Waals surface area contributed by atoms with E-state index in [1.54, 1.807) is 18.2 Å². The Kier molecular flexibility index (Phi) is 7.74. The number of hydrogen-bond donors (Lipinski definition) is 4. The van der Waals surface area contributed by atoms with E-state index in [2.05, 4.69) is 24.9 Å². The van der Waals surface area contributed by atoms with Crippen LogP contribution in [0.2, 0.25) is 0 Å². The van der Waals surface area contributed by atoms with Gasteiger partial charge >= 0.3 is 6.18 Å². The molecule has 8 nitrogen and oxygen atoms in total. The molecule has 2 aromatic heterocycles. The summed E-state index contributed by atoms with van der Waals surface area (Å²) in [7, 11) is 0. The number of aromatic nitrogens is 3. The second-order valence-corrected chi connectivity index (χ2v) is 7.29. The number of benzene rings is 1. The van der Waals surface area contributed by atoms with Gasteiger partial charge in [-0.3, -0.25) is 10.4 Å². The Morgan fingerprint density at radius 3 is 2.49 bits per heavy atom. The number of nitrogens with two attached hydrogens (primary N) is 2. The molecule has 6 N–H and O–H groups in total. The second-order valence-electron chi connectivity index (χ2n) is 7.29. The van der Waals surface area contributed by atoms with E-state index in [1.807, 2.05) is 6.92 Å². The molecule has 0 aliphatic heterocycles. The quantitative estimate of drug-likeness (QED) is 0.208. The highest BCUT2D eigenvalue weighted by Gasteiger charge is 2.34. The zero-order chi connectivity index (χ0) is 25.6. The molecule has 0 aliphatic rings. The maximum atomic E-state index is 14.0. The van der Waals surface area contributed by atoms with Crippen LogP contribution in [0.4, 0.5) is 23.2 Å². The van der Waals surface area contributed by atoms with Crippen molar-refractivity contribution < 1.29 is 17.6 Å². The second kappa shape index (κ2) is 10.7. The van der Waals surface area contributed by atoms with Crippen molar-refractivity contribution in [3.8, 4) is 11.1 Å². The third-order valence-corrected chi connectivity index (χ3v) is 5.10. The lowest BCUT2D eigenvalue weighted by molar-refractivity contribution is -0.144. The number of nitrogens with zero attached hydrogens (tertiary/aromatic N) is 4. The minimum atomic E-state index is -4.68. The number of amidine groups is 1. The number of aliphatic imine (C=N–C) groups is 2. The van der Waals surface area contributed by atoms with Gasteiger partial charge in [0.15, 0.2) is 0 Å². The highest BCUT2D eigenvalue weighted by atomic mass is 19.4. The first kappa shape index (κ1) is 25.3. The van der Waals surface area contributed by atoms with Crippen LogP contribution in [0.3, 0.4) is 0 Å². The minimum Gasteiger partial charge on any atom is -0.404 e. The van der Waals surface area contributed by atoms with Crippen LogP contribution in [0.1, 0.15) is 36.5 Å². The molecular formula is C23H22F4N8. The van der Waals surface area contributed by atoms with Gasteiger partial charge in [0.25, 0.3) is 0 Å². The van der Waals surface area contributed by atoms with Gasteiger partial charge in [0, 0.05) is 41.3 Å². The van der Waals surface area contributed by atoms with Gasteiger partial charge in [-0.2, -0.15) is 13.2 Å². The summed E-state index contributed by atoms with van der Waals surface area (Å²) in [4.78, 5) is 17.9. The van der Waals surface area contributed by atoms with Crippen LogP contribution >= 0.6 is 0 Å². The van der Waals surface area contributed by atoms with Gasteiger partial charge in [0.1, 0.15) is 18.0 Å². The summed E-state index contributed by atoms with van der Waals surface area (Å²) in [5.41, 5.74) is 14.0. The summed E-state index contributed by atoms with van der Waals surface area (Å²) >= 11 is 0. The molecular weight excluding hydrogens is 464 g/mol. The number of halogens is 4. The maximum absolute atomic E-state index is 14.0. The van der Waals surface area contributed by atoms with Crippen molar-refractivity contribution in [1.82, 2.24) is 15.0 Å². The number of H-pyrrole nitrogens is 1. The van der Waals surface area contributed by atoms with Crippen molar-refractivity contribution >= 4 is 24.1 Å². The van der Waals surface area contributed by atoms with Crippen LogP contribution in [0.15, 0.2) is 64.5 Å². The van der Waals surface area contributed by atoms with Crippen LogP contribution < -0.4 is 11.5 Å². The summed E-state index contributed by atoms with van der Waals surface area (Å²) in [6.45, 7) is 1.89. The van der Waals surface area contributed by atoms with Gasteiger partial charge in [-0.25, -0.2) is 19.4 Å². The molecule has 0 saturated carbocycles. The molecule has 1 unspecified atom stereocenters. The molecule has 0 saturated heterocycles. The molecule has 2 heterocycles. The van der Waals surface area contributed by atoms with Crippen LogP contribution in [-0.2, 0) is 6.18 Å². The average molecular weight is 486 g/mol. The van der Waals surface area contributed by atoms with E-state index in [1.165, 1.54) is 24.5 Å². The van der Waals surface area contributed by atoms with Crippen molar-refractivity contribution in [2.75, 3.05) is 0 Å². The van der Waals surface area contributed by atoms with Crippen molar-refractivity contribution in [2.24, 2.45) is 21.5 Å². The lowest BCUT2D eigenvalue weighted by Gasteiger charge is -2.14. The molecule has 1 atom stereocenters. The van der Waals surface area contributed by atoms with Gasteiger partial charge in [-0.05, 0) is 36.4 Å². The van der Waals surface area contributed by atoms with Crippen molar-refractivity contribution in [2.45, 2.75) is 25.4 Å². The van der Waals surface area contributed by atoms with E-state index in [-0.39, 0.29) is 28.7 Å². The largest absolute Gasteiger partial charge is 0.451 e. The third-order valence-electron chi connectivity index (χ3n) is 5.10. The van der Waals surface area contributed by atoms with E-state index in [4.69, 9.17) is 16.9 Å². The summed E-state index contributed by atoms with van der Waals surface area (Å²) in [6, 6.07) is 7.68. The predicted octanol–water partition coefficient (Wildman–Crippen LogP) is 4.68. The number of alkyl halides is 3. The summed E-state index contributed by atoms with van der Waals surface area (Å²) in [5.74, 6) is -2.18. The Hall–Kier alpha value is -4.35. The van der Waals surface area contributed by atoms with E-state index < -0.39 is 17.8 Å². The molecule has 0 amide bonds. The van der Waals surface area contributed by atoms with Crippen molar-refractivity contribution in [3.63, 3.8) is 0 Å². The summed E-state index contributed by atoms with van der Waals surface area (Å²) in [5, 5.41) is 7.20. The van der Waals surface area contributed by atoms with E-state index >= 15 is 0 Å². The minimum absolute atomic E-state index is 0.0608. The number of rotatable bonds is 8. The first-order chi connectivity index (χ1) is 16.7. The molecule has 3 aromatic rings. The number of para-hydroxylation sites is 1. The predicted molar refractivity (Wildman–Crippen MR) is 126 cm³/mol. The third kappa shape index (κ3) is 5.78. The fourth-order valence-corrected chi connectivity index (χ4v) is 3.43. The topological polar surface area (TPSA) is 142 Å². The molecule has 0 fully saturated rings. The van der Waals surface area contributed by atoms with Gasteiger partial charge in [0.05, 0.1) is 11.4 Å². The number of nitrogens with one attached hydrogen (secondary N) is 2. The van der Waals surface area contributed by atoms with Gasteiger partial charge < -0.3 is 16.5 Å². The maximum Gasteiger partial charge on any atom is 0.451 e. The van der Waals surface area contributed by atoms with E-state index in [9.17, 15) is 17.6 Å². The monoisotopic (exact) mass is 486 g/mol. The molecule has 0 radical (unpaired) electrons. The van der Waals surface area contributed by atoms with Crippen LogP contribution in [0, 0.1) is 11.2 Å².